The fourth-order valence-electron chi connectivity index (χ4n) is 3.22. The lowest BCUT2D eigenvalue weighted by Gasteiger charge is -2.25. The van der Waals surface area contributed by atoms with Crippen LogP contribution in [0, 0.1) is 5.92 Å². The van der Waals surface area contributed by atoms with Gasteiger partial charge in [-0.3, -0.25) is 9.89 Å². The fraction of sp³-hybridized carbons (Fsp3) is 0.562. The number of nitrogens with zero attached hydrogens (tertiary/aromatic N) is 1. The summed E-state index contributed by atoms with van der Waals surface area (Å²) < 4.78 is 2.62. The van der Waals surface area contributed by atoms with E-state index in [2.05, 4.69) is 47.1 Å². The van der Waals surface area contributed by atoms with Gasteiger partial charge in [-0.05, 0) is 24.8 Å². The highest BCUT2D eigenvalue weighted by Gasteiger charge is 2.36. The second-order valence-corrected chi connectivity index (χ2v) is 5.47. The van der Waals surface area contributed by atoms with Gasteiger partial charge in [-0.2, -0.15) is 0 Å². The maximum absolute atomic E-state index is 3.64. The first kappa shape index (κ1) is 11.8. The Hall–Kier alpha value is -1.31. The topological polar surface area (TPSA) is 15.0 Å². The Kier molecular flexibility index (Phi) is 3.35. The van der Waals surface area contributed by atoms with Crippen molar-refractivity contribution in [3.63, 3.8) is 0 Å². The van der Waals surface area contributed by atoms with E-state index in [-0.39, 0.29) is 0 Å². The number of hydrogen-bond acceptors (Lipinski definition) is 1. The summed E-state index contributed by atoms with van der Waals surface area (Å²) in [4.78, 5) is 0. The van der Waals surface area contributed by atoms with Crippen LogP contribution < -0.4 is 5.32 Å². The number of hydrogen-bond donors (Lipinski definition) is 1. The molecule has 0 saturated heterocycles. The van der Waals surface area contributed by atoms with Gasteiger partial charge in [-0.25, -0.2) is 0 Å². The second-order valence-electron chi connectivity index (χ2n) is 5.47. The normalized spacial score (nSPS) is 21.6. The highest BCUT2D eigenvalue weighted by atomic mass is 15.2. The highest BCUT2D eigenvalue weighted by molar-refractivity contribution is 5.81. The van der Waals surface area contributed by atoms with E-state index in [9.17, 15) is 0 Å². The third kappa shape index (κ3) is 2.05. The van der Waals surface area contributed by atoms with Gasteiger partial charge in [0, 0.05) is 0 Å². The van der Waals surface area contributed by atoms with Crippen LogP contribution in [0.1, 0.15) is 44.2 Å². The monoisotopic (exact) mass is 243 g/mol. The van der Waals surface area contributed by atoms with Crippen LogP contribution >= 0.6 is 0 Å². The SMILES string of the molecule is CCC(c1ccccc1)[N+]1=C(C2CCC2)NCC1. The molecule has 1 unspecified atom stereocenters. The molecule has 1 saturated carbocycles. The molecule has 2 aliphatic rings. The van der Waals surface area contributed by atoms with E-state index in [0.29, 0.717) is 6.04 Å². The molecule has 2 heteroatoms. The molecular weight excluding hydrogens is 220 g/mol. The molecule has 0 radical (unpaired) electrons. The molecule has 1 N–H and O–H groups in total. The number of nitrogens with one attached hydrogen (secondary N) is 1. The molecule has 1 aliphatic heterocycles. The Morgan fingerprint density at radius 3 is 2.67 bits per heavy atom. The number of rotatable bonds is 4. The van der Waals surface area contributed by atoms with Gasteiger partial charge in [0.1, 0.15) is 19.1 Å². The quantitative estimate of drug-likeness (QED) is 0.804. The molecule has 1 atom stereocenters. The Balaban J connectivity index is 1.90. The van der Waals surface area contributed by atoms with Crippen molar-refractivity contribution in [3.05, 3.63) is 35.9 Å². The molecule has 1 aromatic carbocycles. The minimum absolute atomic E-state index is 0.553. The van der Waals surface area contributed by atoms with Crippen LogP contribution in [-0.4, -0.2) is 23.5 Å². The van der Waals surface area contributed by atoms with Gasteiger partial charge in [-0.1, -0.05) is 43.7 Å². The van der Waals surface area contributed by atoms with Gasteiger partial charge in [0.25, 0.3) is 0 Å². The van der Waals surface area contributed by atoms with Gasteiger partial charge in [0.05, 0.1) is 5.92 Å². The minimum atomic E-state index is 0.553. The van der Waals surface area contributed by atoms with Gasteiger partial charge in [0.2, 0.25) is 5.84 Å². The van der Waals surface area contributed by atoms with Gasteiger partial charge < -0.3 is 0 Å². The van der Waals surface area contributed by atoms with Gasteiger partial charge in [0.15, 0.2) is 0 Å². The zero-order valence-electron chi connectivity index (χ0n) is 11.2. The molecule has 1 aliphatic carbocycles. The van der Waals surface area contributed by atoms with Gasteiger partial charge in [-0.15, -0.1) is 0 Å². The Morgan fingerprint density at radius 1 is 1.28 bits per heavy atom. The number of amidine groups is 1. The van der Waals surface area contributed by atoms with Crippen molar-refractivity contribution in [3.8, 4) is 0 Å². The first-order valence-electron chi connectivity index (χ1n) is 7.32. The maximum atomic E-state index is 3.64. The molecule has 18 heavy (non-hydrogen) atoms. The van der Waals surface area contributed by atoms with E-state index >= 15 is 0 Å². The predicted molar refractivity (Wildman–Crippen MR) is 75.0 cm³/mol. The summed E-state index contributed by atoms with van der Waals surface area (Å²) >= 11 is 0. The molecule has 0 aromatic heterocycles. The summed E-state index contributed by atoms with van der Waals surface area (Å²) in [6.07, 6.45) is 5.35. The van der Waals surface area contributed by atoms with Crippen molar-refractivity contribution >= 4 is 5.84 Å². The second kappa shape index (κ2) is 5.13. The molecule has 0 bridgehead atoms. The van der Waals surface area contributed by atoms with Crippen LogP contribution in [0.4, 0.5) is 0 Å². The average Bonchev–Trinajstić information content (AvgIpc) is 2.79. The summed E-state index contributed by atoms with van der Waals surface area (Å²) in [7, 11) is 0. The van der Waals surface area contributed by atoms with Crippen molar-refractivity contribution in [1.29, 1.82) is 0 Å². The first-order chi connectivity index (χ1) is 8.90. The van der Waals surface area contributed by atoms with E-state index in [1.165, 1.54) is 43.6 Å². The van der Waals surface area contributed by atoms with Crippen LogP contribution in [0.25, 0.3) is 0 Å². The molecule has 1 heterocycles. The first-order valence-corrected chi connectivity index (χ1v) is 7.32. The van der Waals surface area contributed by atoms with Crippen molar-refractivity contribution in [2.75, 3.05) is 13.1 Å². The molecule has 2 nitrogen and oxygen atoms in total. The molecule has 1 aromatic rings. The molecule has 0 spiro atoms. The summed E-state index contributed by atoms with van der Waals surface area (Å²) in [5.74, 6) is 2.34. The lowest BCUT2D eigenvalue weighted by atomic mass is 9.84. The van der Waals surface area contributed by atoms with Crippen LogP contribution in [0.3, 0.4) is 0 Å². The van der Waals surface area contributed by atoms with Crippen LogP contribution in [0.5, 0.6) is 0 Å². The lowest BCUT2D eigenvalue weighted by Crippen LogP contribution is -2.36. The fourth-order valence-corrected chi connectivity index (χ4v) is 3.22. The summed E-state index contributed by atoms with van der Waals surface area (Å²) in [6, 6.07) is 11.5. The standard InChI is InChI=1S/C16H22N2/c1-2-15(13-7-4-3-5-8-13)18-12-11-17-16(18)14-9-6-10-14/h3-5,7-8,14-15H,2,6,9-12H2,1H3/p+1. The van der Waals surface area contributed by atoms with Crippen LogP contribution in [-0.2, 0) is 0 Å². The third-order valence-corrected chi connectivity index (χ3v) is 4.41. The number of benzene rings is 1. The predicted octanol–water partition coefficient (Wildman–Crippen LogP) is 2.95. The zero-order valence-corrected chi connectivity index (χ0v) is 11.2. The van der Waals surface area contributed by atoms with Crippen molar-refractivity contribution in [2.45, 2.75) is 38.6 Å². The molecule has 3 rings (SSSR count). The largest absolute Gasteiger partial charge is 0.274 e. The smallest absolute Gasteiger partial charge is 0.248 e. The van der Waals surface area contributed by atoms with Crippen molar-refractivity contribution < 1.29 is 4.58 Å². The van der Waals surface area contributed by atoms with Gasteiger partial charge >= 0.3 is 0 Å². The maximum Gasteiger partial charge on any atom is 0.248 e. The zero-order chi connectivity index (χ0) is 12.4. The Morgan fingerprint density at radius 2 is 2.06 bits per heavy atom. The minimum Gasteiger partial charge on any atom is -0.274 e. The van der Waals surface area contributed by atoms with Crippen molar-refractivity contribution in [2.24, 2.45) is 5.92 Å². The Labute approximate surface area is 110 Å². The van der Waals surface area contributed by atoms with E-state index < -0.39 is 0 Å². The molecule has 0 amide bonds. The van der Waals surface area contributed by atoms with Crippen molar-refractivity contribution in [1.82, 2.24) is 5.32 Å². The highest BCUT2D eigenvalue weighted by Crippen LogP contribution is 2.30. The Bertz CT molecular complexity index is 432. The third-order valence-electron chi connectivity index (χ3n) is 4.41. The average molecular weight is 243 g/mol. The molecule has 1 fully saturated rings. The summed E-state index contributed by atoms with van der Waals surface area (Å²) in [5.41, 5.74) is 1.46. The lowest BCUT2D eigenvalue weighted by molar-refractivity contribution is -0.566. The van der Waals surface area contributed by atoms with E-state index in [0.717, 1.165) is 12.5 Å². The molecule has 96 valence electrons. The molecular formula is C16H23N2+. The summed E-state index contributed by atoms with van der Waals surface area (Å²) in [5, 5.41) is 3.64. The summed E-state index contributed by atoms with van der Waals surface area (Å²) in [6.45, 7) is 4.59. The van der Waals surface area contributed by atoms with Crippen LogP contribution in [0.2, 0.25) is 0 Å². The van der Waals surface area contributed by atoms with Crippen LogP contribution in [0.15, 0.2) is 30.3 Å². The van der Waals surface area contributed by atoms with E-state index in [1.807, 2.05) is 0 Å². The van der Waals surface area contributed by atoms with E-state index in [4.69, 9.17) is 0 Å². The van der Waals surface area contributed by atoms with E-state index in [1.54, 1.807) is 0 Å².